The van der Waals surface area contributed by atoms with Crippen molar-refractivity contribution >= 4 is 17.7 Å². The van der Waals surface area contributed by atoms with Gasteiger partial charge in [-0.2, -0.15) is 0 Å². The molecule has 0 radical (unpaired) electrons. The van der Waals surface area contributed by atoms with E-state index in [1.807, 2.05) is 18.2 Å². The van der Waals surface area contributed by atoms with Crippen LogP contribution in [0.15, 0.2) is 18.2 Å². The number of rotatable bonds is 5. The topological polar surface area (TPSA) is 90.5 Å². The second kappa shape index (κ2) is 7.88. The minimum atomic E-state index is -0.561. The molecule has 29 heavy (non-hydrogen) atoms. The Morgan fingerprint density at radius 1 is 1.24 bits per heavy atom. The zero-order valence-electron chi connectivity index (χ0n) is 17.2. The predicted molar refractivity (Wildman–Crippen MR) is 109 cm³/mol. The Kier molecular flexibility index (Phi) is 5.44. The van der Waals surface area contributed by atoms with Crippen LogP contribution in [0.3, 0.4) is 0 Å². The number of carbonyl (C=O) groups is 3. The van der Waals surface area contributed by atoms with E-state index in [4.69, 9.17) is 0 Å². The van der Waals surface area contributed by atoms with Gasteiger partial charge in [-0.3, -0.25) is 19.7 Å². The van der Waals surface area contributed by atoms with E-state index in [0.29, 0.717) is 31.1 Å². The molecule has 156 valence electrons. The number of hydrogen-bond donors (Lipinski definition) is 3. The van der Waals surface area contributed by atoms with Gasteiger partial charge >= 0.3 is 0 Å². The van der Waals surface area contributed by atoms with E-state index in [0.717, 1.165) is 24.2 Å². The van der Waals surface area contributed by atoms with Gasteiger partial charge < -0.3 is 15.5 Å². The van der Waals surface area contributed by atoms with Gasteiger partial charge in [0.2, 0.25) is 11.8 Å². The first-order valence-corrected chi connectivity index (χ1v) is 10.6. The van der Waals surface area contributed by atoms with Gasteiger partial charge in [-0.05, 0) is 48.4 Å². The quantitative estimate of drug-likeness (QED) is 0.651. The van der Waals surface area contributed by atoms with Crippen molar-refractivity contribution in [1.29, 1.82) is 0 Å². The Morgan fingerprint density at radius 3 is 2.83 bits per heavy atom. The van der Waals surface area contributed by atoms with E-state index in [2.05, 4.69) is 29.8 Å². The van der Waals surface area contributed by atoms with Crippen LogP contribution in [0.1, 0.15) is 61.0 Å². The second-order valence-electron chi connectivity index (χ2n) is 9.12. The minimum absolute atomic E-state index is 0.119. The summed E-state index contributed by atoms with van der Waals surface area (Å²) < 4.78 is 0. The summed E-state index contributed by atoms with van der Waals surface area (Å²) >= 11 is 0. The number of nitrogens with one attached hydrogen (secondary N) is 3. The third kappa shape index (κ3) is 4.07. The highest BCUT2D eigenvalue weighted by molar-refractivity contribution is 6.05. The van der Waals surface area contributed by atoms with E-state index < -0.39 is 6.04 Å². The number of amides is 3. The number of nitrogens with zero attached hydrogens (tertiary/aromatic N) is 1. The fraction of sp³-hybridized carbons (Fsp3) is 0.591. The molecule has 3 aliphatic rings. The van der Waals surface area contributed by atoms with E-state index in [1.54, 1.807) is 4.90 Å². The zero-order chi connectivity index (χ0) is 20.6. The Hall–Kier alpha value is -2.25. The van der Waals surface area contributed by atoms with Gasteiger partial charge in [-0.1, -0.05) is 26.0 Å². The normalized spacial score (nSPS) is 26.4. The van der Waals surface area contributed by atoms with E-state index >= 15 is 0 Å². The van der Waals surface area contributed by atoms with Crippen LogP contribution in [0.5, 0.6) is 0 Å². The molecule has 2 atom stereocenters. The summed E-state index contributed by atoms with van der Waals surface area (Å²) in [5.74, 6) is -0.752. The number of piperidine rings is 2. The lowest BCUT2D eigenvalue weighted by atomic mass is 9.77. The highest BCUT2D eigenvalue weighted by atomic mass is 16.2. The van der Waals surface area contributed by atoms with Crippen molar-refractivity contribution in [2.45, 2.75) is 64.7 Å². The largest absolute Gasteiger partial charge is 0.322 e. The van der Waals surface area contributed by atoms with E-state index in [9.17, 15) is 14.4 Å². The molecule has 7 nitrogen and oxygen atoms in total. The van der Waals surface area contributed by atoms with Crippen LogP contribution >= 0.6 is 0 Å². The molecule has 3 N–H and O–H groups in total. The Bertz CT molecular complexity index is 835. The maximum Gasteiger partial charge on any atom is 0.255 e. The van der Waals surface area contributed by atoms with Gasteiger partial charge in [0.1, 0.15) is 6.04 Å². The van der Waals surface area contributed by atoms with Gasteiger partial charge in [0, 0.05) is 37.7 Å². The highest BCUT2D eigenvalue weighted by Crippen LogP contribution is 2.30. The van der Waals surface area contributed by atoms with Crippen LogP contribution in [0.4, 0.5) is 0 Å². The van der Waals surface area contributed by atoms with Crippen molar-refractivity contribution in [2.24, 2.45) is 5.41 Å². The summed E-state index contributed by atoms with van der Waals surface area (Å²) in [5.41, 5.74) is 2.96. The van der Waals surface area contributed by atoms with Crippen molar-refractivity contribution in [1.82, 2.24) is 20.9 Å². The monoisotopic (exact) mass is 398 g/mol. The number of benzene rings is 1. The lowest BCUT2D eigenvalue weighted by molar-refractivity contribution is -0.136. The lowest BCUT2D eigenvalue weighted by Gasteiger charge is -2.39. The van der Waals surface area contributed by atoms with Crippen LogP contribution in [0.25, 0.3) is 0 Å². The fourth-order valence-electron chi connectivity index (χ4n) is 4.69. The van der Waals surface area contributed by atoms with Crippen LogP contribution in [-0.2, 0) is 22.7 Å². The van der Waals surface area contributed by atoms with Crippen molar-refractivity contribution in [2.75, 3.05) is 13.1 Å². The average Bonchev–Trinajstić information content (AvgIpc) is 2.99. The maximum absolute atomic E-state index is 12.9. The zero-order valence-corrected chi connectivity index (χ0v) is 17.2. The first-order chi connectivity index (χ1) is 13.8. The molecule has 2 fully saturated rings. The Morgan fingerprint density at radius 2 is 2.07 bits per heavy atom. The van der Waals surface area contributed by atoms with Crippen molar-refractivity contribution in [3.05, 3.63) is 34.9 Å². The lowest BCUT2D eigenvalue weighted by Crippen LogP contribution is -2.52. The van der Waals surface area contributed by atoms with Gasteiger partial charge in [-0.25, -0.2) is 0 Å². The number of fused-ring (bicyclic) bond motifs is 1. The molecule has 0 spiro atoms. The van der Waals surface area contributed by atoms with Gasteiger partial charge in [-0.15, -0.1) is 0 Å². The van der Waals surface area contributed by atoms with Crippen LogP contribution < -0.4 is 16.0 Å². The first-order valence-electron chi connectivity index (χ1n) is 10.6. The van der Waals surface area contributed by atoms with Crippen molar-refractivity contribution in [3.8, 4) is 0 Å². The molecule has 3 amide bonds. The smallest absolute Gasteiger partial charge is 0.255 e. The van der Waals surface area contributed by atoms with Gasteiger partial charge in [0.15, 0.2) is 0 Å². The maximum atomic E-state index is 12.9. The summed E-state index contributed by atoms with van der Waals surface area (Å²) in [6, 6.07) is 5.85. The Labute approximate surface area is 171 Å². The van der Waals surface area contributed by atoms with E-state index in [-0.39, 0.29) is 29.6 Å². The minimum Gasteiger partial charge on any atom is -0.322 e. The summed E-state index contributed by atoms with van der Waals surface area (Å²) in [4.78, 5) is 38.1. The molecule has 3 heterocycles. The molecule has 7 heteroatoms. The summed E-state index contributed by atoms with van der Waals surface area (Å²) in [6.45, 7) is 7.70. The third-order valence-corrected chi connectivity index (χ3v) is 6.60. The predicted octanol–water partition coefficient (Wildman–Crippen LogP) is 1.32. The molecule has 0 bridgehead atoms. The first kappa shape index (κ1) is 20.0. The number of imide groups is 1. The molecular formula is C22H30N4O3. The standard InChI is InChI=1S/C22H30N4O3/c1-22(2)8-3-9-24-18(22)12-23-11-14-4-5-15-13-26(21(29)16(15)10-14)17-6-7-19(27)25-20(17)28/h4-5,10,17-18,23-24H,3,6-9,11-13H2,1-2H3,(H,25,27,28). The summed E-state index contributed by atoms with van der Waals surface area (Å²) in [5, 5.41) is 9.48. The van der Waals surface area contributed by atoms with Crippen molar-refractivity contribution in [3.63, 3.8) is 0 Å². The second-order valence-corrected chi connectivity index (χ2v) is 9.12. The van der Waals surface area contributed by atoms with Crippen LogP contribution in [0, 0.1) is 5.41 Å². The third-order valence-electron chi connectivity index (χ3n) is 6.60. The number of carbonyl (C=O) groups excluding carboxylic acids is 3. The molecule has 4 rings (SSSR count). The summed E-state index contributed by atoms with van der Waals surface area (Å²) in [6.07, 6.45) is 3.12. The Balaban J connectivity index is 1.38. The molecule has 0 aliphatic carbocycles. The molecule has 1 aromatic rings. The molecule has 0 saturated carbocycles. The SMILES string of the molecule is CC1(C)CCCNC1CNCc1ccc2c(c1)C(=O)N(C1CCC(=O)NC1=O)C2. The van der Waals surface area contributed by atoms with E-state index in [1.165, 1.54) is 12.8 Å². The number of hydrogen-bond acceptors (Lipinski definition) is 5. The van der Waals surface area contributed by atoms with Crippen molar-refractivity contribution < 1.29 is 14.4 Å². The van der Waals surface area contributed by atoms with Crippen LogP contribution in [-0.4, -0.2) is 47.8 Å². The van der Waals surface area contributed by atoms with Crippen LogP contribution in [0.2, 0.25) is 0 Å². The molecule has 1 aromatic carbocycles. The molecular weight excluding hydrogens is 368 g/mol. The van der Waals surface area contributed by atoms with Gasteiger partial charge in [0.25, 0.3) is 5.91 Å². The highest BCUT2D eigenvalue weighted by Gasteiger charge is 2.39. The summed E-state index contributed by atoms with van der Waals surface area (Å²) in [7, 11) is 0. The van der Waals surface area contributed by atoms with Gasteiger partial charge in [0.05, 0.1) is 0 Å². The molecule has 2 saturated heterocycles. The molecule has 3 aliphatic heterocycles. The molecule has 0 aromatic heterocycles. The average molecular weight is 399 g/mol. The molecule has 2 unspecified atom stereocenters. The fourth-order valence-corrected chi connectivity index (χ4v) is 4.69.